The summed E-state index contributed by atoms with van der Waals surface area (Å²) in [6.07, 6.45) is -1.51. The number of phenols is 1. The summed E-state index contributed by atoms with van der Waals surface area (Å²) >= 11 is 0. The SMILES string of the molecule is COc1cc([C@@H]2Oc3cc4c(=O)c5ccccc5oc4c(OC)c3O[C@H]2CO)ccc1O. The number of aliphatic hydroxyl groups excluding tert-OH is 1. The van der Waals surface area contributed by atoms with Gasteiger partial charge < -0.3 is 33.6 Å². The summed E-state index contributed by atoms with van der Waals surface area (Å²) in [4.78, 5) is 13.1. The Bertz CT molecular complexity index is 1390. The highest BCUT2D eigenvalue weighted by molar-refractivity contribution is 5.95. The van der Waals surface area contributed by atoms with Crippen LogP contribution < -0.4 is 24.4 Å². The van der Waals surface area contributed by atoms with Gasteiger partial charge in [0.2, 0.25) is 16.9 Å². The van der Waals surface area contributed by atoms with Crippen LogP contribution in [0.1, 0.15) is 11.7 Å². The number of fused-ring (bicyclic) bond motifs is 3. The molecule has 0 radical (unpaired) electrons. The van der Waals surface area contributed by atoms with E-state index in [0.717, 1.165) is 0 Å². The zero-order valence-electron chi connectivity index (χ0n) is 17.3. The van der Waals surface area contributed by atoms with E-state index in [0.29, 0.717) is 16.5 Å². The standard InChI is InChI=1S/C24H20O8/c1-28-17-9-12(7-8-15(17)26)21-19(11-25)32-23-18(31-21)10-14-20(27)13-5-3-4-6-16(13)30-22(14)24(23)29-2/h3-10,19,21,25-26H,11H2,1-2H3/t19-,21-/m0/s1. The molecule has 3 aromatic carbocycles. The van der Waals surface area contributed by atoms with Gasteiger partial charge in [-0.2, -0.15) is 0 Å². The Hall–Kier alpha value is -3.91. The number of para-hydroxylation sites is 1. The average molecular weight is 436 g/mol. The zero-order chi connectivity index (χ0) is 22.4. The number of methoxy groups -OCH3 is 2. The van der Waals surface area contributed by atoms with Crippen molar-refractivity contribution in [3.05, 3.63) is 64.3 Å². The number of ether oxygens (including phenoxy) is 4. The van der Waals surface area contributed by atoms with Crippen LogP contribution in [0.4, 0.5) is 0 Å². The van der Waals surface area contributed by atoms with E-state index in [2.05, 4.69) is 0 Å². The fraction of sp³-hybridized carbons (Fsp3) is 0.208. The molecule has 164 valence electrons. The Morgan fingerprint density at radius 3 is 2.56 bits per heavy atom. The fourth-order valence-electron chi connectivity index (χ4n) is 3.97. The highest BCUT2D eigenvalue weighted by Gasteiger charge is 2.36. The molecule has 1 aromatic heterocycles. The first-order chi connectivity index (χ1) is 15.5. The lowest BCUT2D eigenvalue weighted by molar-refractivity contribution is -0.0139. The van der Waals surface area contributed by atoms with Crippen LogP contribution in [0.2, 0.25) is 0 Å². The van der Waals surface area contributed by atoms with E-state index >= 15 is 0 Å². The second-order valence-electron chi connectivity index (χ2n) is 7.35. The Balaban J connectivity index is 1.71. The molecule has 2 N–H and O–H groups in total. The van der Waals surface area contributed by atoms with Crippen LogP contribution in [0.5, 0.6) is 28.7 Å². The molecule has 4 aromatic rings. The second kappa shape index (κ2) is 7.65. The third-order valence-corrected chi connectivity index (χ3v) is 5.52. The molecule has 0 amide bonds. The Kier molecular flexibility index (Phi) is 4.79. The quantitative estimate of drug-likeness (QED) is 0.468. The molecule has 0 bridgehead atoms. The van der Waals surface area contributed by atoms with Crippen LogP contribution in [0.25, 0.3) is 21.9 Å². The van der Waals surface area contributed by atoms with Gasteiger partial charge in [-0.25, -0.2) is 0 Å². The molecule has 0 saturated heterocycles. The van der Waals surface area contributed by atoms with Gasteiger partial charge in [0, 0.05) is 5.56 Å². The normalized spacial score (nSPS) is 17.5. The van der Waals surface area contributed by atoms with Gasteiger partial charge >= 0.3 is 0 Å². The number of rotatable bonds is 4. The fourth-order valence-corrected chi connectivity index (χ4v) is 3.97. The number of aromatic hydroxyl groups is 1. The van der Waals surface area contributed by atoms with E-state index in [1.54, 1.807) is 42.5 Å². The summed E-state index contributed by atoms with van der Waals surface area (Å²) in [5, 5.41) is 20.6. The van der Waals surface area contributed by atoms with Gasteiger partial charge in [0.05, 0.1) is 31.6 Å². The van der Waals surface area contributed by atoms with E-state index in [-0.39, 0.29) is 51.8 Å². The van der Waals surface area contributed by atoms with Gasteiger partial charge in [-0.15, -0.1) is 0 Å². The minimum Gasteiger partial charge on any atom is -0.504 e. The van der Waals surface area contributed by atoms with Gasteiger partial charge in [0.1, 0.15) is 5.58 Å². The van der Waals surface area contributed by atoms with Gasteiger partial charge in [-0.05, 0) is 30.3 Å². The largest absolute Gasteiger partial charge is 0.504 e. The van der Waals surface area contributed by atoms with Crippen molar-refractivity contribution in [1.82, 2.24) is 0 Å². The lowest BCUT2D eigenvalue weighted by atomic mass is 10.0. The van der Waals surface area contributed by atoms with E-state index < -0.39 is 12.2 Å². The molecule has 8 heteroatoms. The molecule has 2 atom stereocenters. The van der Waals surface area contributed by atoms with Crippen LogP contribution in [0.15, 0.2) is 57.7 Å². The Labute approximate surface area is 182 Å². The van der Waals surface area contributed by atoms with Gasteiger partial charge in [-0.3, -0.25) is 4.79 Å². The van der Waals surface area contributed by atoms with Crippen molar-refractivity contribution in [2.45, 2.75) is 12.2 Å². The van der Waals surface area contributed by atoms with Crippen molar-refractivity contribution >= 4 is 21.9 Å². The Morgan fingerprint density at radius 1 is 1.00 bits per heavy atom. The molecule has 0 saturated carbocycles. The first-order valence-electron chi connectivity index (χ1n) is 9.93. The number of benzene rings is 3. The van der Waals surface area contributed by atoms with E-state index in [1.165, 1.54) is 20.3 Å². The molecule has 8 nitrogen and oxygen atoms in total. The lowest BCUT2D eigenvalue weighted by Crippen LogP contribution is -2.36. The molecule has 2 heterocycles. The number of hydrogen-bond donors (Lipinski definition) is 2. The first kappa shape index (κ1) is 20.0. The van der Waals surface area contributed by atoms with Gasteiger partial charge in [0.15, 0.2) is 35.0 Å². The minimum absolute atomic E-state index is 0.0222. The summed E-state index contributed by atoms with van der Waals surface area (Å²) in [5.74, 6) is 0.960. The van der Waals surface area contributed by atoms with Crippen LogP contribution in [-0.2, 0) is 0 Å². The lowest BCUT2D eigenvalue weighted by Gasteiger charge is -2.34. The smallest absolute Gasteiger partial charge is 0.208 e. The summed E-state index contributed by atoms with van der Waals surface area (Å²) < 4.78 is 29.0. The van der Waals surface area contributed by atoms with Crippen molar-refractivity contribution in [2.24, 2.45) is 0 Å². The third-order valence-electron chi connectivity index (χ3n) is 5.52. The molecule has 5 rings (SSSR count). The molecule has 0 spiro atoms. The molecule has 0 unspecified atom stereocenters. The molecule has 1 aliphatic rings. The Morgan fingerprint density at radius 2 is 1.81 bits per heavy atom. The van der Waals surface area contributed by atoms with Crippen molar-refractivity contribution in [2.75, 3.05) is 20.8 Å². The maximum absolute atomic E-state index is 13.1. The number of phenolic OH excluding ortho intramolecular Hbond substituents is 1. The molecular formula is C24H20O8. The number of hydrogen-bond acceptors (Lipinski definition) is 8. The van der Waals surface area contributed by atoms with Gasteiger partial charge in [-0.1, -0.05) is 18.2 Å². The zero-order valence-corrected chi connectivity index (χ0v) is 17.3. The number of aliphatic hydroxyl groups is 1. The van der Waals surface area contributed by atoms with E-state index in [4.69, 9.17) is 23.4 Å². The van der Waals surface area contributed by atoms with Crippen molar-refractivity contribution in [3.63, 3.8) is 0 Å². The van der Waals surface area contributed by atoms with Crippen LogP contribution >= 0.6 is 0 Å². The average Bonchev–Trinajstić information content (AvgIpc) is 2.82. The van der Waals surface area contributed by atoms with Crippen molar-refractivity contribution in [1.29, 1.82) is 0 Å². The topological polar surface area (TPSA) is 108 Å². The van der Waals surface area contributed by atoms with Crippen LogP contribution in [0, 0.1) is 0 Å². The molecular weight excluding hydrogens is 416 g/mol. The monoisotopic (exact) mass is 436 g/mol. The highest BCUT2D eigenvalue weighted by Crippen LogP contribution is 2.49. The second-order valence-corrected chi connectivity index (χ2v) is 7.35. The summed E-state index contributed by atoms with van der Waals surface area (Å²) in [7, 11) is 2.88. The molecule has 32 heavy (non-hydrogen) atoms. The maximum atomic E-state index is 13.1. The summed E-state index contributed by atoms with van der Waals surface area (Å²) in [5.41, 5.74) is 1.06. The van der Waals surface area contributed by atoms with E-state index in [9.17, 15) is 15.0 Å². The third kappa shape index (κ3) is 2.99. The van der Waals surface area contributed by atoms with E-state index in [1.807, 2.05) is 0 Å². The maximum Gasteiger partial charge on any atom is 0.208 e. The van der Waals surface area contributed by atoms with Crippen molar-refractivity contribution in [3.8, 4) is 28.7 Å². The van der Waals surface area contributed by atoms with Gasteiger partial charge in [0.25, 0.3) is 0 Å². The first-order valence-corrected chi connectivity index (χ1v) is 9.93. The molecule has 0 aliphatic carbocycles. The van der Waals surface area contributed by atoms with Crippen LogP contribution in [-0.4, -0.2) is 37.1 Å². The predicted octanol–water partition coefficient (Wildman–Crippen LogP) is 3.54. The van der Waals surface area contributed by atoms with Crippen molar-refractivity contribution < 1.29 is 33.6 Å². The van der Waals surface area contributed by atoms with Crippen LogP contribution in [0.3, 0.4) is 0 Å². The summed E-state index contributed by atoms with van der Waals surface area (Å²) in [6, 6.07) is 13.2. The summed E-state index contributed by atoms with van der Waals surface area (Å²) in [6.45, 7) is -0.351. The molecule has 0 fully saturated rings. The predicted molar refractivity (Wildman–Crippen MR) is 116 cm³/mol. The molecule has 1 aliphatic heterocycles. The minimum atomic E-state index is -0.782. The highest BCUT2D eigenvalue weighted by atomic mass is 16.6.